The van der Waals surface area contributed by atoms with E-state index >= 15 is 0 Å². The Morgan fingerprint density at radius 1 is 1.26 bits per heavy atom. The number of unbranched alkanes of at least 4 members (excludes halogenated alkanes) is 3. The molecule has 1 aromatic carbocycles. The Labute approximate surface area is 111 Å². The summed E-state index contributed by atoms with van der Waals surface area (Å²) < 4.78 is 14.9. The lowest BCUT2D eigenvalue weighted by Gasteiger charge is -2.05. The highest BCUT2D eigenvalue weighted by Gasteiger charge is 2.10. The standard InChI is InChI=1S/C13H18FN5/c1-2-3-4-5-8-19-13(16-17-18-19)10-6-7-11(14)12(15)9-10/h6-7,9H,2-5,8,15H2,1H3. The van der Waals surface area contributed by atoms with Crippen LogP contribution in [-0.4, -0.2) is 20.2 Å². The Morgan fingerprint density at radius 3 is 2.84 bits per heavy atom. The fraction of sp³-hybridized carbons (Fsp3) is 0.462. The zero-order valence-electron chi connectivity index (χ0n) is 11.0. The summed E-state index contributed by atoms with van der Waals surface area (Å²) in [7, 11) is 0. The van der Waals surface area contributed by atoms with Gasteiger partial charge in [0.05, 0.1) is 5.69 Å². The second-order valence-electron chi connectivity index (χ2n) is 4.52. The molecule has 0 aliphatic heterocycles. The highest BCUT2D eigenvalue weighted by molar-refractivity contribution is 5.61. The molecule has 19 heavy (non-hydrogen) atoms. The molecule has 0 saturated carbocycles. The highest BCUT2D eigenvalue weighted by atomic mass is 19.1. The first-order valence-electron chi connectivity index (χ1n) is 6.54. The van der Waals surface area contributed by atoms with Gasteiger partial charge in [-0.25, -0.2) is 9.07 Å². The van der Waals surface area contributed by atoms with E-state index in [1.165, 1.54) is 18.9 Å². The van der Waals surface area contributed by atoms with Crippen molar-refractivity contribution in [2.75, 3.05) is 5.73 Å². The molecule has 1 aromatic heterocycles. The summed E-state index contributed by atoms with van der Waals surface area (Å²) in [6.45, 7) is 2.93. The Balaban J connectivity index is 2.12. The minimum absolute atomic E-state index is 0.109. The summed E-state index contributed by atoms with van der Waals surface area (Å²) in [5.74, 6) is 0.203. The number of nitrogens with two attached hydrogens (primary N) is 1. The van der Waals surface area contributed by atoms with Crippen molar-refractivity contribution in [3.63, 3.8) is 0 Å². The van der Waals surface area contributed by atoms with E-state index in [1.54, 1.807) is 16.8 Å². The van der Waals surface area contributed by atoms with Gasteiger partial charge >= 0.3 is 0 Å². The number of halogens is 1. The number of hydrogen-bond donors (Lipinski definition) is 1. The number of aryl methyl sites for hydroxylation is 1. The monoisotopic (exact) mass is 263 g/mol. The number of nitrogen functional groups attached to an aromatic ring is 1. The third-order valence-corrected chi connectivity index (χ3v) is 3.01. The van der Waals surface area contributed by atoms with Crippen LogP contribution in [0.5, 0.6) is 0 Å². The van der Waals surface area contributed by atoms with E-state index in [0.717, 1.165) is 24.9 Å². The average Bonchev–Trinajstić information content (AvgIpc) is 2.86. The van der Waals surface area contributed by atoms with Gasteiger partial charge in [-0.3, -0.25) is 0 Å². The number of nitrogens with zero attached hydrogens (tertiary/aromatic N) is 4. The van der Waals surface area contributed by atoms with Crippen LogP contribution in [0.3, 0.4) is 0 Å². The van der Waals surface area contributed by atoms with Crippen LogP contribution in [0.2, 0.25) is 0 Å². The van der Waals surface area contributed by atoms with Gasteiger partial charge in [-0.1, -0.05) is 26.2 Å². The molecular formula is C13H18FN5. The Bertz CT molecular complexity index is 538. The number of tetrazole rings is 1. The van der Waals surface area contributed by atoms with Crippen LogP contribution in [0.25, 0.3) is 11.4 Å². The first kappa shape index (κ1) is 13.5. The molecule has 0 aliphatic carbocycles. The second kappa shape index (κ2) is 6.26. The van der Waals surface area contributed by atoms with Crippen LogP contribution in [0.4, 0.5) is 10.1 Å². The summed E-state index contributed by atoms with van der Waals surface area (Å²) in [6, 6.07) is 4.53. The maximum Gasteiger partial charge on any atom is 0.182 e. The molecule has 0 aliphatic rings. The lowest BCUT2D eigenvalue weighted by atomic mass is 10.1. The van der Waals surface area contributed by atoms with Crippen LogP contribution in [0.15, 0.2) is 18.2 Å². The van der Waals surface area contributed by atoms with E-state index in [2.05, 4.69) is 22.4 Å². The molecule has 0 saturated heterocycles. The minimum Gasteiger partial charge on any atom is -0.396 e. The van der Waals surface area contributed by atoms with Gasteiger partial charge in [-0.15, -0.1) is 5.10 Å². The van der Waals surface area contributed by atoms with Crippen molar-refractivity contribution in [3.05, 3.63) is 24.0 Å². The van der Waals surface area contributed by atoms with Crippen molar-refractivity contribution in [1.82, 2.24) is 20.2 Å². The van der Waals surface area contributed by atoms with Crippen LogP contribution >= 0.6 is 0 Å². The maximum atomic E-state index is 13.1. The number of benzene rings is 1. The van der Waals surface area contributed by atoms with Gasteiger partial charge in [0.15, 0.2) is 5.82 Å². The van der Waals surface area contributed by atoms with Gasteiger partial charge in [-0.2, -0.15) is 0 Å². The topological polar surface area (TPSA) is 69.6 Å². The maximum absolute atomic E-state index is 13.1. The number of hydrogen-bond acceptors (Lipinski definition) is 4. The Kier molecular flexibility index (Phi) is 4.43. The molecule has 5 nitrogen and oxygen atoms in total. The number of anilines is 1. The van der Waals surface area contributed by atoms with Gasteiger partial charge in [0.25, 0.3) is 0 Å². The second-order valence-corrected chi connectivity index (χ2v) is 4.52. The molecule has 0 spiro atoms. The zero-order chi connectivity index (χ0) is 13.7. The lowest BCUT2D eigenvalue weighted by molar-refractivity contribution is 0.531. The predicted molar refractivity (Wildman–Crippen MR) is 71.8 cm³/mol. The first-order valence-corrected chi connectivity index (χ1v) is 6.54. The molecule has 0 unspecified atom stereocenters. The van der Waals surface area contributed by atoms with E-state index in [9.17, 15) is 4.39 Å². The van der Waals surface area contributed by atoms with Crippen molar-refractivity contribution >= 4 is 5.69 Å². The van der Waals surface area contributed by atoms with Crippen LogP contribution in [-0.2, 0) is 6.54 Å². The van der Waals surface area contributed by atoms with Gasteiger partial charge < -0.3 is 5.73 Å². The molecule has 6 heteroatoms. The lowest BCUT2D eigenvalue weighted by Crippen LogP contribution is -2.03. The Hall–Kier alpha value is -1.98. The molecule has 0 amide bonds. The molecule has 0 radical (unpaired) electrons. The SMILES string of the molecule is CCCCCCn1nnnc1-c1ccc(F)c(N)c1. The summed E-state index contributed by atoms with van der Waals surface area (Å²) >= 11 is 0. The van der Waals surface area contributed by atoms with Crippen LogP contribution in [0.1, 0.15) is 32.6 Å². The van der Waals surface area contributed by atoms with Crippen molar-refractivity contribution in [1.29, 1.82) is 0 Å². The van der Waals surface area contributed by atoms with Gasteiger partial charge in [-0.05, 0) is 35.0 Å². The summed E-state index contributed by atoms with van der Waals surface area (Å²) in [5.41, 5.74) is 6.41. The zero-order valence-corrected chi connectivity index (χ0v) is 11.0. The normalized spacial score (nSPS) is 10.8. The Morgan fingerprint density at radius 2 is 2.11 bits per heavy atom. The van der Waals surface area contributed by atoms with Gasteiger partial charge in [0, 0.05) is 12.1 Å². The first-order chi connectivity index (χ1) is 9.22. The number of rotatable bonds is 6. The quantitative estimate of drug-likeness (QED) is 0.642. The largest absolute Gasteiger partial charge is 0.396 e. The molecular weight excluding hydrogens is 245 g/mol. The molecule has 102 valence electrons. The van der Waals surface area contributed by atoms with Gasteiger partial charge in [0.1, 0.15) is 5.82 Å². The molecule has 1 heterocycles. The molecule has 0 atom stereocenters. The fourth-order valence-corrected chi connectivity index (χ4v) is 1.93. The third-order valence-electron chi connectivity index (χ3n) is 3.01. The third kappa shape index (κ3) is 3.27. The van der Waals surface area contributed by atoms with E-state index in [1.807, 2.05) is 0 Å². The predicted octanol–water partition coefficient (Wildman–Crippen LogP) is 2.64. The summed E-state index contributed by atoms with van der Waals surface area (Å²) in [6.07, 6.45) is 4.59. The smallest absolute Gasteiger partial charge is 0.182 e. The number of aromatic nitrogens is 4. The van der Waals surface area contributed by atoms with Gasteiger partial charge in [0.2, 0.25) is 0 Å². The van der Waals surface area contributed by atoms with Crippen molar-refractivity contribution in [2.45, 2.75) is 39.2 Å². The average molecular weight is 263 g/mol. The van der Waals surface area contributed by atoms with Crippen molar-refractivity contribution in [3.8, 4) is 11.4 Å². The van der Waals surface area contributed by atoms with E-state index in [0.29, 0.717) is 5.82 Å². The van der Waals surface area contributed by atoms with Crippen LogP contribution < -0.4 is 5.73 Å². The van der Waals surface area contributed by atoms with Crippen molar-refractivity contribution in [2.24, 2.45) is 0 Å². The van der Waals surface area contributed by atoms with E-state index < -0.39 is 5.82 Å². The molecule has 2 rings (SSSR count). The summed E-state index contributed by atoms with van der Waals surface area (Å²) in [5, 5.41) is 11.6. The molecule has 0 fully saturated rings. The molecule has 2 aromatic rings. The van der Waals surface area contributed by atoms with E-state index in [-0.39, 0.29) is 5.69 Å². The summed E-state index contributed by atoms with van der Waals surface area (Å²) in [4.78, 5) is 0. The van der Waals surface area contributed by atoms with Crippen LogP contribution in [0, 0.1) is 5.82 Å². The molecule has 2 N–H and O–H groups in total. The molecule has 0 bridgehead atoms. The van der Waals surface area contributed by atoms with Crippen molar-refractivity contribution < 1.29 is 4.39 Å². The van der Waals surface area contributed by atoms with E-state index in [4.69, 9.17) is 5.73 Å². The fourth-order valence-electron chi connectivity index (χ4n) is 1.93. The highest BCUT2D eigenvalue weighted by Crippen LogP contribution is 2.21. The minimum atomic E-state index is -0.425.